The standard InChI is InChI=1S/C23H22N4O5/c1-21(2,3)26-17-15(18(28)31-5)16(19(29)32-6)23(22(17,11-24)12-25)13-9-7-8-10-14(13)27(4)20(23)30/h7-10H,1-6H3. The molecular formula is C23H22N4O5. The number of benzene rings is 1. The molecule has 1 spiro atoms. The lowest BCUT2D eigenvalue weighted by atomic mass is 9.60. The van der Waals surface area contributed by atoms with Crippen LogP contribution < -0.4 is 4.90 Å². The highest BCUT2D eigenvalue weighted by molar-refractivity contribution is 6.36. The highest BCUT2D eigenvalue weighted by Gasteiger charge is 2.75. The van der Waals surface area contributed by atoms with Crippen molar-refractivity contribution in [2.24, 2.45) is 10.4 Å². The lowest BCUT2D eigenvalue weighted by Crippen LogP contribution is -2.53. The van der Waals surface area contributed by atoms with Crippen molar-refractivity contribution in [3.05, 3.63) is 41.0 Å². The largest absolute Gasteiger partial charge is 0.466 e. The van der Waals surface area contributed by atoms with Gasteiger partial charge in [0.05, 0.1) is 48.8 Å². The van der Waals surface area contributed by atoms with Crippen molar-refractivity contribution >= 4 is 29.2 Å². The Morgan fingerprint density at radius 2 is 1.62 bits per heavy atom. The summed E-state index contributed by atoms with van der Waals surface area (Å²) >= 11 is 0. The molecule has 1 unspecified atom stereocenters. The van der Waals surface area contributed by atoms with Crippen molar-refractivity contribution in [3.63, 3.8) is 0 Å². The third-order valence-electron chi connectivity index (χ3n) is 5.64. The lowest BCUT2D eigenvalue weighted by Gasteiger charge is -2.34. The van der Waals surface area contributed by atoms with E-state index in [-0.39, 0.29) is 11.3 Å². The van der Waals surface area contributed by atoms with Gasteiger partial charge in [-0.25, -0.2) is 9.59 Å². The summed E-state index contributed by atoms with van der Waals surface area (Å²) in [7, 11) is 3.66. The topological polar surface area (TPSA) is 133 Å². The summed E-state index contributed by atoms with van der Waals surface area (Å²) in [6, 6.07) is 10.4. The fourth-order valence-corrected chi connectivity index (χ4v) is 4.45. The Morgan fingerprint density at radius 3 is 2.12 bits per heavy atom. The highest BCUT2D eigenvalue weighted by atomic mass is 16.5. The van der Waals surface area contributed by atoms with Gasteiger partial charge in [-0.2, -0.15) is 10.5 Å². The molecule has 32 heavy (non-hydrogen) atoms. The quantitative estimate of drug-likeness (QED) is 0.648. The zero-order valence-corrected chi connectivity index (χ0v) is 18.6. The van der Waals surface area contributed by atoms with E-state index in [1.165, 1.54) is 11.9 Å². The molecule has 2 aliphatic rings. The molecule has 0 bridgehead atoms. The first-order chi connectivity index (χ1) is 15.0. The van der Waals surface area contributed by atoms with Crippen LogP contribution in [-0.2, 0) is 29.3 Å². The third kappa shape index (κ3) is 2.61. The number of fused-ring (bicyclic) bond motifs is 2. The minimum atomic E-state index is -2.33. The van der Waals surface area contributed by atoms with E-state index in [2.05, 4.69) is 4.99 Å². The van der Waals surface area contributed by atoms with Gasteiger partial charge in [-0.1, -0.05) is 18.2 Å². The number of nitriles is 2. The number of ether oxygens (including phenoxy) is 2. The Hall–Kier alpha value is -3.98. The van der Waals surface area contributed by atoms with Crippen LogP contribution in [0.15, 0.2) is 40.4 Å². The maximum Gasteiger partial charge on any atom is 0.340 e. The molecule has 1 aromatic rings. The van der Waals surface area contributed by atoms with Gasteiger partial charge in [0, 0.05) is 12.7 Å². The van der Waals surface area contributed by atoms with Crippen molar-refractivity contribution in [2.45, 2.75) is 31.7 Å². The van der Waals surface area contributed by atoms with Crippen molar-refractivity contribution in [1.82, 2.24) is 0 Å². The predicted molar refractivity (Wildman–Crippen MR) is 113 cm³/mol. The Balaban J connectivity index is 2.69. The van der Waals surface area contributed by atoms with Crippen LogP contribution in [0.4, 0.5) is 5.69 Å². The minimum absolute atomic E-state index is 0.233. The van der Waals surface area contributed by atoms with Crippen molar-refractivity contribution in [2.75, 3.05) is 26.2 Å². The molecular weight excluding hydrogens is 412 g/mol. The summed E-state index contributed by atoms with van der Waals surface area (Å²) in [6.45, 7) is 5.11. The van der Waals surface area contributed by atoms with Crippen LogP contribution in [0.25, 0.3) is 0 Å². The van der Waals surface area contributed by atoms with Crippen molar-refractivity contribution in [3.8, 4) is 12.1 Å². The van der Waals surface area contributed by atoms with Gasteiger partial charge >= 0.3 is 11.9 Å². The number of esters is 2. The van der Waals surface area contributed by atoms with E-state index in [4.69, 9.17) is 9.47 Å². The van der Waals surface area contributed by atoms with Crippen LogP contribution in [-0.4, -0.2) is 50.4 Å². The van der Waals surface area contributed by atoms with E-state index in [1.54, 1.807) is 45.0 Å². The summed E-state index contributed by atoms with van der Waals surface area (Å²) in [6.07, 6.45) is 0. The fourth-order valence-electron chi connectivity index (χ4n) is 4.45. The van der Waals surface area contributed by atoms with Crippen LogP contribution in [0.3, 0.4) is 0 Å². The van der Waals surface area contributed by atoms with Gasteiger partial charge in [-0.15, -0.1) is 0 Å². The van der Waals surface area contributed by atoms with Gasteiger partial charge in [0.2, 0.25) is 11.3 Å². The highest BCUT2D eigenvalue weighted by Crippen LogP contribution is 2.61. The third-order valence-corrected chi connectivity index (χ3v) is 5.64. The van der Waals surface area contributed by atoms with Gasteiger partial charge in [0.25, 0.3) is 0 Å². The first kappa shape index (κ1) is 22.7. The molecule has 0 radical (unpaired) electrons. The Bertz CT molecular complexity index is 1180. The number of nitrogens with zero attached hydrogens (tertiary/aromatic N) is 4. The molecule has 1 amide bonds. The second-order valence-corrected chi connectivity index (χ2v) is 8.47. The fraction of sp³-hybridized carbons (Fsp3) is 0.391. The second kappa shape index (κ2) is 7.31. The monoisotopic (exact) mass is 434 g/mol. The number of aliphatic imine (C=N–C) groups is 1. The van der Waals surface area contributed by atoms with Crippen molar-refractivity contribution < 1.29 is 23.9 Å². The van der Waals surface area contributed by atoms with Gasteiger partial charge in [0.15, 0.2) is 0 Å². The van der Waals surface area contributed by atoms with Gasteiger partial charge < -0.3 is 14.4 Å². The molecule has 1 heterocycles. The summed E-state index contributed by atoms with van der Waals surface area (Å²) in [4.78, 5) is 45.8. The van der Waals surface area contributed by atoms with E-state index in [0.717, 1.165) is 14.2 Å². The summed E-state index contributed by atoms with van der Waals surface area (Å²) in [5.41, 5.74) is -5.86. The number of likely N-dealkylation sites (N-methyl/N-ethyl adjacent to an activating group) is 1. The smallest absolute Gasteiger partial charge is 0.340 e. The zero-order valence-electron chi connectivity index (χ0n) is 18.6. The van der Waals surface area contributed by atoms with E-state index < -0.39 is 45.4 Å². The molecule has 0 aromatic heterocycles. The number of methoxy groups -OCH3 is 2. The van der Waals surface area contributed by atoms with Crippen LogP contribution >= 0.6 is 0 Å². The molecule has 1 aliphatic carbocycles. The van der Waals surface area contributed by atoms with Gasteiger partial charge in [-0.05, 0) is 32.4 Å². The zero-order chi connectivity index (χ0) is 24.1. The van der Waals surface area contributed by atoms with E-state index in [0.29, 0.717) is 5.69 Å². The number of carbonyl (C=O) groups is 3. The van der Waals surface area contributed by atoms with Crippen LogP contribution in [0, 0.1) is 28.1 Å². The molecule has 1 aromatic carbocycles. The maximum atomic E-state index is 13.9. The number of hydrogen-bond acceptors (Lipinski definition) is 8. The number of anilines is 1. The molecule has 9 heteroatoms. The van der Waals surface area contributed by atoms with Crippen LogP contribution in [0.5, 0.6) is 0 Å². The first-order valence-electron chi connectivity index (χ1n) is 9.70. The number of para-hydroxylation sites is 1. The number of rotatable bonds is 2. The van der Waals surface area contributed by atoms with Crippen molar-refractivity contribution in [1.29, 1.82) is 10.5 Å². The average Bonchev–Trinajstić information content (AvgIpc) is 3.14. The second-order valence-electron chi connectivity index (χ2n) is 8.47. The minimum Gasteiger partial charge on any atom is -0.466 e. The Morgan fingerprint density at radius 1 is 1.06 bits per heavy atom. The molecule has 3 rings (SSSR count). The Labute approximate surface area is 185 Å². The summed E-state index contributed by atoms with van der Waals surface area (Å²) < 4.78 is 9.87. The molecule has 0 saturated carbocycles. The molecule has 9 nitrogen and oxygen atoms in total. The number of hydrogen-bond donors (Lipinski definition) is 0. The molecule has 0 saturated heterocycles. The Kier molecular flexibility index (Phi) is 5.19. The molecule has 0 N–H and O–H groups in total. The average molecular weight is 434 g/mol. The van der Waals surface area contributed by atoms with E-state index >= 15 is 0 Å². The van der Waals surface area contributed by atoms with E-state index in [1.807, 2.05) is 12.1 Å². The summed E-state index contributed by atoms with van der Waals surface area (Å²) in [5, 5.41) is 20.9. The van der Waals surface area contributed by atoms with Crippen LogP contribution in [0.1, 0.15) is 26.3 Å². The SMILES string of the molecule is COC(=O)C1=C(C(=O)OC)C2(C(=O)N(C)c3ccccc32)C(C#N)(C#N)C1=NC(C)(C)C. The first-order valence-corrected chi connectivity index (χ1v) is 9.70. The maximum absolute atomic E-state index is 13.9. The van der Waals surface area contributed by atoms with Crippen LogP contribution in [0.2, 0.25) is 0 Å². The van der Waals surface area contributed by atoms with Gasteiger partial charge in [0.1, 0.15) is 5.41 Å². The number of carbonyl (C=O) groups excluding carboxylic acids is 3. The molecule has 0 fully saturated rings. The van der Waals surface area contributed by atoms with E-state index in [9.17, 15) is 24.9 Å². The lowest BCUT2D eigenvalue weighted by molar-refractivity contribution is -0.140. The predicted octanol–water partition coefficient (Wildman–Crippen LogP) is 1.83. The van der Waals surface area contributed by atoms with Gasteiger partial charge in [-0.3, -0.25) is 9.79 Å². The molecule has 164 valence electrons. The molecule has 1 aliphatic heterocycles. The normalized spacial score (nSPS) is 22.6. The molecule has 1 atom stereocenters. The summed E-state index contributed by atoms with van der Waals surface area (Å²) in [5.74, 6) is -2.75. The number of amides is 1.